The molecule has 0 saturated heterocycles. The van der Waals surface area contributed by atoms with Crippen LogP contribution < -0.4 is 27.4 Å². The molecule has 0 aliphatic heterocycles. The summed E-state index contributed by atoms with van der Waals surface area (Å²) in [5, 5.41) is 16.2. The zero-order valence-electron chi connectivity index (χ0n) is 16.3. The summed E-state index contributed by atoms with van der Waals surface area (Å²) >= 11 is 7.88. The van der Waals surface area contributed by atoms with Crippen LogP contribution in [0.25, 0.3) is 0 Å². The number of aliphatic carboxylic acids is 1. The summed E-state index contributed by atoms with van der Waals surface area (Å²) in [7, 11) is 0. The van der Waals surface area contributed by atoms with E-state index >= 15 is 0 Å². The number of amides is 4. The first-order chi connectivity index (χ1) is 14.6. The Morgan fingerprint density at radius 2 is 1.58 bits per heavy atom. The first-order valence-electron chi connectivity index (χ1n) is 8.95. The van der Waals surface area contributed by atoms with Crippen molar-refractivity contribution in [3.63, 3.8) is 0 Å². The average Bonchev–Trinajstić information content (AvgIpc) is 3.22. The molecule has 172 valence electrons. The molecule has 13 nitrogen and oxygen atoms in total. The topological polar surface area (TPSA) is 222 Å². The van der Waals surface area contributed by atoms with Crippen molar-refractivity contribution in [3.8, 4) is 0 Å². The number of carboxylic acid groups (broad SMARTS) is 1. The average molecular weight is 476 g/mol. The molecular weight excluding hydrogens is 450 g/mol. The number of primary amides is 1. The minimum absolute atomic E-state index is 0.00861. The number of imidazole rings is 1. The van der Waals surface area contributed by atoms with Crippen molar-refractivity contribution in [1.82, 2.24) is 25.9 Å². The Hall–Kier alpha value is -2.78. The van der Waals surface area contributed by atoms with Gasteiger partial charge in [-0.2, -0.15) is 25.3 Å². The SMILES string of the molecule is NC(=O)CC(NC(=O)C(N)CS)C(=O)NC(CS)C(=O)NC(Cc1cnc[nH]1)C(=O)O. The number of carboxylic acids is 1. The number of aromatic amines is 1. The molecule has 0 aliphatic rings. The van der Waals surface area contributed by atoms with Crippen molar-refractivity contribution < 1.29 is 29.1 Å². The van der Waals surface area contributed by atoms with E-state index < -0.39 is 60.2 Å². The van der Waals surface area contributed by atoms with Crippen molar-refractivity contribution in [3.05, 3.63) is 18.2 Å². The molecule has 1 aromatic heterocycles. The quantitative estimate of drug-likeness (QED) is 0.130. The molecule has 0 spiro atoms. The third-order valence-corrected chi connectivity index (χ3v) is 4.74. The molecule has 0 fully saturated rings. The molecule has 4 unspecified atom stereocenters. The van der Waals surface area contributed by atoms with Crippen molar-refractivity contribution in [2.45, 2.75) is 37.0 Å². The Kier molecular flexibility index (Phi) is 10.8. The summed E-state index contributed by atoms with van der Waals surface area (Å²) < 4.78 is 0. The molecule has 1 heterocycles. The van der Waals surface area contributed by atoms with E-state index in [0.717, 1.165) is 0 Å². The van der Waals surface area contributed by atoms with Gasteiger partial charge in [0.25, 0.3) is 0 Å². The molecule has 0 saturated carbocycles. The van der Waals surface area contributed by atoms with Crippen LogP contribution in [-0.2, 0) is 30.4 Å². The smallest absolute Gasteiger partial charge is 0.326 e. The van der Waals surface area contributed by atoms with E-state index in [1.807, 2.05) is 0 Å². The van der Waals surface area contributed by atoms with Crippen LogP contribution in [0.4, 0.5) is 0 Å². The fourth-order valence-corrected chi connectivity index (χ4v) is 2.75. The second-order valence-corrected chi connectivity index (χ2v) is 7.18. The number of rotatable bonds is 13. The van der Waals surface area contributed by atoms with Crippen LogP contribution in [0.1, 0.15) is 12.1 Å². The lowest BCUT2D eigenvalue weighted by Crippen LogP contribution is -2.58. The lowest BCUT2D eigenvalue weighted by Gasteiger charge is -2.23. The minimum atomic E-state index is -1.40. The molecule has 1 aromatic rings. The Balaban J connectivity index is 2.84. The first kappa shape index (κ1) is 26.3. The van der Waals surface area contributed by atoms with Crippen molar-refractivity contribution in [2.24, 2.45) is 11.5 Å². The number of nitrogens with zero attached hydrogens (tertiary/aromatic N) is 1. The minimum Gasteiger partial charge on any atom is -0.480 e. The fourth-order valence-electron chi connectivity index (χ4n) is 2.33. The molecule has 4 atom stereocenters. The van der Waals surface area contributed by atoms with Crippen molar-refractivity contribution >= 4 is 54.9 Å². The maximum atomic E-state index is 12.5. The third-order valence-electron chi connectivity index (χ3n) is 3.98. The van der Waals surface area contributed by atoms with Crippen LogP contribution in [0.3, 0.4) is 0 Å². The fraction of sp³-hybridized carbons (Fsp3) is 0.500. The van der Waals surface area contributed by atoms with E-state index in [1.54, 1.807) is 0 Å². The molecule has 15 heteroatoms. The predicted molar refractivity (Wildman–Crippen MR) is 115 cm³/mol. The van der Waals surface area contributed by atoms with Gasteiger partial charge in [0, 0.05) is 29.8 Å². The highest BCUT2D eigenvalue weighted by atomic mass is 32.1. The Bertz CT molecular complexity index is 791. The van der Waals surface area contributed by atoms with Crippen LogP contribution in [0, 0.1) is 0 Å². The second kappa shape index (κ2) is 12.8. The van der Waals surface area contributed by atoms with Gasteiger partial charge in [0.1, 0.15) is 18.1 Å². The molecule has 1 rings (SSSR count). The number of thiol groups is 2. The zero-order valence-corrected chi connectivity index (χ0v) is 18.1. The summed E-state index contributed by atoms with van der Waals surface area (Å²) in [5.74, 6) is -4.84. The number of hydrogen-bond donors (Lipinski definition) is 9. The number of nitrogens with one attached hydrogen (secondary N) is 4. The maximum absolute atomic E-state index is 12.5. The van der Waals surface area contributed by atoms with Gasteiger partial charge in [-0.25, -0.2) is 9.78 Å². The maximum Gasteiger partial charge on any atom is 0.326 e. The standard InChI is InChI=1S/C16H25N7O6S2/c17-8(4-30)13(25)21-9(2-12(18)24)14(26)23-11(5-31)15(27)22-10(16(28)29)1-7-3-19-6-20-7/h3,6,8-11,30-31H,1-2,4-5,17H2,(H2,18,24)(H,19,20)(H,21,25)(H,22,27)(H,23,26)(H,28,29). The molecule has 0 radical (unpaired) electrons. The second-order valence-electron chi connectivity index (χ2n) is 6.44. The van der Waals surface area contributed by atoms with Crippen LogP contribution in [0.5, 0.6) is 0 Å². The number of nitrogens with two attached hydrogens (primary N) is 2. The number of carbonyl (C=O) groups is 5. The van der Waals surface area contributed by atoms with Gasteiger partial charge in [0.2, 0.25) is 23.6 Å². The number of H-pyrrole nitrogens is 1. The van der Waals surface area contributed by atoms with Gasteiger partial charge in [-0.05, 0) is 0 Å². The normalized spacial score (nSPS) is 14.5. The van der Waals surface area contributed by atoms with E-state index in [-0.39, 0.29) is 17.9 Å². The van der Waals surface area contributed by atoms with E-state index in [1.165, 1.54) is 12.5 Å². The van der Waals surface area contributed by atoms with Gasteiger partial charge in [-0.1, -0.05) is 0 Å². The summed E-state index contributed by atoms with van der Waals surface area (Å²) in [6.45, 7) is 0. The zero-order chi connectivity index (χ0) is 23.6. The van der Waals surface area contributed by atoms with E-state index in [9.17, 15) is 29.1 Å². The van der Waals surface area contributed by atoms with Crippen LogP contribution in [0.2, 0.25) is 0 Å². The molecule has 0 aromatic carbocycles. The molecule has 0 bridgehead atoms. The highest BCUT2D eigenvalue weighted by Crippen LogP contribution is 2.02. The van der Waals surface area contributed by atoms with Crippen LogP contribution in [0.15, 0.2) is 12.5 Å². The lowest BCUT2D eigenvalue weighted by atomic mass is 10.1. The number of carbonyl (C=O) groups excluding carboxylic acids is 4. The Morgan fingerprint density at radius 1 is 1.00 bits per heavy atom. The van der Waals surface area contributed by atoms with Crippen LogP contribution >= 0.6 is 25.3 Å². The van der Waals surface area contributed by atoms with Gasteiger partial charge >= 0.3 is 5.97 Å². The summed E-state index contributed by atoms with van der Waals surface area (Å²) in [5.41, 5.74) is 11.1. The van der Waals surface area contributed by atoms with E-state index in [4.69, 9.17) is 11.5 Å². The summed E-state index contributed by atoms with van der Waals surface area (Å²) in [6.07, 6.45) is 2.15. The molecule has 9 N–H and O–H groups in total. The van der Waals surface area contributed by atoms with Gasteiger partial charge in [-0.15, -0.1) is 0 Å². The number of aromatic nitrogens is 2. The van der Waals surface area contributed by atoms with Crippen molar-refractivity contribution in [2.75, 3.05) is 11.5 Å². The van der Waals surface area contributed by atoms with Crippen molar-refractivity contribution in [1.29, 1.82) is 0 Å². The lowest BCUT2D eigenvalue weighted by molar-refractivity contribution is -0.142. The molecular formula is C16H25N7O6S2. The Labute approximate surface area is 188 Å². The largest absolute Gasteiger partial charge is 0.480 e. The van der Waals surface area contributed by atoms with Crippen LogP contribution in [-0.4, -0.2) is 80.3 Å². The van der Waals surface area contributed by atoms with E-state index in [0.29, 0.717) is 5.69 Å². The molecule has 0 aliphatic carbocycles. The molecule has 31 heavy (non-hydrogen) atoms. The summed E-state index contributed by atoms with van der Waals surface area (Å²) in [4.78, 5) is 66.2. The van der Waals surface area contributed by atoms with Gasteiger partial charge in [-0.3, -0.25) is 19.2 Å². The van der Waals surface area contributed by atoms with E-state index in [2.05, 4.69) is 51.2 Å². The third kappa shape index (κ3) is 8.85. The van der Waals surface area contributed by atoms with Gasteiger partial charge in [0.15, 0.2) is 0 Å². The monoisotopic (exact) mass is 475 g/mol. The number of hydrogen-bond acceptors (Lipinski definition) is 9. The van der Waals surface area contributed by atoms with Gasteiger partial charge < -0.3 is 37.5 Å². The van der Waals surface area contributed by atoms with Gasteiger partial charge in [0.05, 0.1) is 18.8 Å². The summed E-state index contributed by atoms with van der Waals surface area (Å²) in [6, 6.07) is -4.99. The molecule has 4 amide bonds. The first-order valence-corrected chi connectivity index (χ1v) is 10.2. The highest BCUT2D eigenvalue weighted by Gasteiger charge is 2.30. The Morgan fingerprint density at radius 3 is 2.06 bits per heavy atom. The predicted octanol–water partition coefficient (Wildman–Crippen LogP) is -3.45. The highest BCUT2D eigenvalue weighted by molar-refractivity contribution is 7.80.